The molecule has 1 aromatic rings. The lowest BCUT2D eigenvalue weighted by atomic mass is 10.1. The quantitative estimate of drug-likeness (QED) is 0.856. The van der Waals surface area contributed by atoms with Gasteiger partial charge in [-0.2, -0.15) is 0 Å². The van der Waals surface area contributed by atoms with Crippen LogP contribution in [0.3, 0.4) is 0 Å². The van der Waals surface area contributed by atoms with Gasteiger partial charge in [0.15, 0.2) is 5.82 Å². The predicted octanol–water partition coefficient (Wildman–Crippen LogP) is 2.47. The summed E-state index contributed by atoms with van der Waals surface area (Å²) in [7, 11) is 0. The Morgan fingerprint density at radius 2 is 1.84 bits per heavy atom. The molecule has 0 saturated carbocycles. The molecule has 0 bridgehead atoms. The first kappa shape index (κ1) is 14.1. The van der Waals surface area contributed by atoms with Crippen molar-refractivity contribution in [3.63, 3.8) is 0 Å². The number of hydrogen-bond acceptors (Lipinski definition) is 3. The second kappa shape index (κ2) is 5.74. The number of nitrogens with zero attached hydrogens (tertiary/aromatic N) is 2. The molecular formula is C14H21F2N3. The molecule has 2 N–H and O–H groups in total. The summed E-state index contributed by atoms with van der Waals surface area (Å²) in [5, 5.41) is 0. The molecule has 1 fully saturated rings. The zero-order valence-corrected chi connectivity index (χ0v) is 11.5. The molecule has 2 rings (SSSR count). The van der Waals surface area contributed by atoms with Crippen molar-refractivity contribution < 1.29 is 8.78 Å². The molecule has 1 aliphatic rings. The van der Waals surface area contributed by atoms with Crippen LogP contribution in [-0.2, 0) is 0 Å². The van der Waals surface area contributed by atoms with Crippen LogP contribution in [0.15, 0.2) is 12.1 Å². The summed E-state index contributed by atoms with van der Waals surface area (Å²) in [6, 6.07) is 2.69. The second-order valence-corrected chi connectivity index (χ2v) is 5.10. The average molecular weight is 269 g/mol. The van der Waals surface area contributed by atoms with E-state index < -0.39 is 11.6 Å². The molecule has 0 amide bonds. The molecule has 0 spiro atoms. The van der Waals surface area contributed by atoms with E-state index in [4.69, 9.17) is 5.73 Å². The van der Waals surface area contributed by atoms with Crippen molar-refractivity contribution in [3.05, 3.63) is 23.8 Å². The van der Waals surface area contributed by atoms with Gasteiger partial charge < -0.3 is 10.6 Å². The fourth-order valence-corrected chi connectivity index (χ4v) is 2.49. The van der Waals surface area contributed by atoms with E-state index in [0.29, 0.717) is 11.7 Å². The minimum Gasteiger partial charge on any atom is -0.395 e. The van der Waals surface area contributed by atoms with Crippen LogP contribution in [0.2, 0.25) is 0 Å². The number of nitrogen functional groups attached to an aromatic ring is 1. The summed E-state index contributed by atoms with van der Waals surface area (Å²) in [6.45, 7) is 7.65. The van der Waals surface area contributed by atoms with Crippen molar-refractivity contribution in [2.45, 2.75) is 26.3 Å². The molecule has 106 valence electrons. The van der Waals surface area contributed by atoms with Gasteiger partial charge in [0.1, 0.15) is 5.82 Å². The number of hydrogen-bond donors (Lipinski definition) is 1. The minimum absolute atomic E-state index is 0.0402. The van der Waals surface area contributed by atoms with Crippen LogP contribution >= 0.6 is 0 Å². The van der Waals surface area contributed by atoms with Crippen LogP contribution in [0.25, 0.3) is 0 Å². The molecule has 1 aliphatic heterocycles. The van der Waals surface area contributed by atoms with Gasteiger partial charge in [0.25, 0.3) is 0 Å². The van der Waals surface area contributed by atoms with Gasteiger partial charge in [0.2, 0.25) is 0 Å². The third-order valence-corrected chi connectivity index (χ3v) is 3.94. The highest BCUT2D eigenvalue weighted by Gasteiger charge is 2.22. The lowest BCUT2D eigenvalue weighted by Crippen LogP contribution is -2.49. The Morgan fingerprint density at radius 3 is 2.42 bits per heavy atom. The summed E-state index contributed by atoms with van der Waals surface area (Å²) >= 11 is 0. The Morgan fingerprint density at radius 1 is 1.21 bits per heavy atom. The summed E-state index contributed by atoms with van der Waals surface area (Å²) < 4.78 is 26.7. The fraction of sp³-hybridized carbons (Fsp3) is 0.571. The Bertz CT molecular complexity index is 443. The Hall–Kier alpha value is -1.36. The lowest BCUT2D eigenvalue weighted by Gasteiger charge is -2.39. The Labute approximate surface area is 113 Å². The molecule has 1 heterocycles. The van der Waals surface area contributed by atoms with Crippen molar-refractivity contribution in [2.75, 3.05) is 36.8 Å². The Kier molecular flexibility index (Phi) is 4.24. The van der Waals surface area contributed by atoms with E-state index in [-0.39, 0.29) is 5.69 Å². The zero-order valence-electron chi connectivity index (χ0n) is 11.5. The molecule has 1 atom stereocenters. The maximum Gasteiger partial charge on any atom is 0.151 e. The highest BCUT2D eigenvalue weighted by atomic mass is 19.1. The largest absolute Gasteiger partial charge is 0.395 e. The first-order valence-corrected chi connectivity index (χ1v) is 6.76. The molecule has 0 aromatic heterocycles. The smallest absolute Gasteiger partial charge is 0.151 e. The van der Waals surface area contributed by atoms with Gasteiger partial charge in [0, 0.05) is 38.3 Å². The van der Waals surface area contributed by atoms with Gasteiger partial charge in [-0.15, -0.1) is 0 Å². The summed E-state index contributed by atoms with van der Waals surface area (Å²) in [6.07, 6.45) is 1.11. The number of piperazine rings is 1. The van der Waals surface area contributed by atoms with Crippen LogP contribution in [0, 0.1) is 11.6 Å². The topological polar surface area (TPSA) is 32.5 Å². The van der Waals surface area contributed by atoms with Gasteiger partial charge in [-0.05, 0) is 19.4 Å². The summed E-state index contributed by atoms with van der Waals surface area (Å²) in [5.74, 6) is -1.26. The number of halogens is 2. The van der Waals surface area contributed by atoms with E-state index in [1.807, 2.05) is 4.90 Å². The third kappa shape index (κ3) is 2.97. The van der Waals surface area contributed by atoms with Crippen molar-refractivity contribution in [1.29, 1.82) is 0 Å². The highest BCUT2D eigenvalue weighted by Crippen LogP contribution is 2.28. The van der Waals surface area contributed by atoms with E-state index >= 15 is 0 Å². The van der Waals surface area contributed by atoms with Crippen LogP contribution in [0.4, 0.5) is 20.2 Å². The second-order valence-electron chi connectivity index (χ2n) is 5.10. The van der Waals surface area contributed by atoms with Crippen LogP contribution < -0.4 is 10.6 Å². The number of rotatable bonds is 3. The van der Waals surface area contributed by atoms with E-state index in [0.717, 1.165) is 38.7 Å². The first-order valence-electron chi connectivity index (χ1n) is 6.76. The van der Waals surface area contributed by atoms with Gasteiger partial charge in [-0.1, -0.05) is 6.92 Å². The monoisotopic (exact) mass is 269 g/mol. The third-order valence-electron chi connectivity index (χ3n) is 3.94. The molecule has 3 nitrogen and oxygen atoms in total. The zero-order chi connectivity index (χ0) is 14.0. The standard InChI is InChI=1S/C14H21F2N3/c1-3-10(2)18-4-6-19(7-5-18)13-9-11(15)8-12(16)14(13)17/h8-10H,3-7,17H2,1-2H3. The molecule has 1 saturated heterocycles. The number of nitrogens with two attached hydrogens (primary N) is 1. The van der Waals surface area contributed by atoms with Crippen molar-refractivity contribution >= 4 is 11.4 Å². The van der Waals surface area contributed by atoms with E-state index in [1.54, 1.807) is 0 Å². The van der Waals surface area contributed by atoms with Crippen LogP contribution in [0.1, 0.15) is 20.3 Å². The molecule has 1 aromatic carbocycles. The number of anilines is 2. The average Bonchev–Trinajstić information content (AvgIpc) is 2.42. The van der Waals surface area contributed by atoms with Gasteiger partial charge in [-0.25, -0.2) is 8.78 Å². The predicted molar refractivity (Wildman–Crippen MR) is 74.3 cm³/mol. The highest BCUT2D eigenvalue weighted by molar-refractivity contribution is 5.68. The van der Waals surface area contributed by atoms with Crippen molar-refractivity contribution in [1.82, 2.24) is 4.90 Å². The first-order chi connectivity index (χ1) is 9.02. The van der Waals surface area contributed by atoms with E-state index in [9.17, 15) is 8.78 Å². The maximum atomic E-state index is 13.5. The molecule has 0 radical (unpaired) electrons. The SMILES string of the molecule is CCC(C)N1CCN(c2cc(F)cc(F)c2N)CC1. The molecule has 5 heteroatoms. The van der Waals surface area contributed by atoms with Crippen LogP contribution in [0.5, 0.6) is 0 Å². The number of benzene rings is 1. The molecule has 1 unspecified atom stereocenters. The van der Waals surface area contributed by atoms with E-state index in [2.05, 4.69) is 18.7 Å². The van der Waals surface area contributed by atoms with Gasteiger partial charge >= 0.3 is 0 Å². The molecule has 19 heavy (non-hydrogen) atoms. The van der Waals surface area contributed by atoms with Crippen molar-refractivity contribution in [3.8, 4) is 0 Å². The lowest BCUT2D eigenvalue weighted by molar-refractivity contribution is 0.193. The van der Waals surface area contributed by atoms with Gasteiger partial charge in [-0.3, -0.25) is 4.90 Å². The summed E-state index contributed by atoms with van der Waals surface area (Å²) in [5.41, 5.74) is 6.22. The Balaban J connectivity index is 2.10. The van der Waals surface area contributed by atoms with E-state index in [1.165, 1.54) is 6.07 Å². The molecular weight excluding hydrogens is 248 g/mol. The maximum absolute atomic E-state index is 13.5. The normalized spacial score (nSPS) is 18.6. The van der Waals surface area contributed by atoms with Crippen LogP contribution in [-0.4, -0.2) is 37.1 Å². The van der Waals surface area contributed by atoms with Crippen molar-refractivity contribution in [2.24, 2.45) is 0 Å². The minimum atomic E-state index is -0.681. The summed E-state index contributed by atoms with van der Waals surface area (Å²) in [4.78, 5) is 4.35. The molecule has 0 aliphatic carbocycles. The van der Waals surface area contributed by atoms with Gasteiger partial charge in [0.05, 0.1) is 11.4 Å². The fourth-order valence-electron chi connectivity index (χ4n) is 2.49.